The number of aliphatic hydroxyl groups excluding tert-OH is 1. The molecule has 2 atom stereocenters. The topological polar surface area (TPSA) is 32.3 Å². The first-order chi connectivity index (χ1) is 8.54. The fraction of sp³-hybridized carbons (Fsp3) is 0.625. The van der Waals surface area contributed by atoms with Crippen molar-refractivity contribution < 1.29 is 5.11 Å². The Morgan fingerprint density at radius 1 is 1.39 bits per heavy atom. The Kier molecular flexibility index (Phi) is 4.08. The molecule has 1 aliphatic rings. The lowest BCUT2D eigenvalue weighted by Crippen LogP contribution is -2.34. The number of benzene rings is 1. The molecule has 2 heteroatoms. The van der Waals surface area contributed by atoms with E-state index in [2.05, 4.69) is 50.4 Å². The normalized spacial score (nSPS) is 22.8. The van der Waals surface area contributed by atoms with Gasteiger partial charge < -0.3 is 10.4 Å². The molecule has 2 unspecified atom stereocenters. The standard InChI is InChI=1S/C16H25NO/c1-12(8-9-18)11-17-15-14-7-5-4-6-13(14)10-16(15,2)3/h4-7,12,15,17-18H,8-11H2,1-3H3. The van der Waals surface area contributed by atoms with E-state index in [9.17, 15) is 0 Å². The maximum atomic E-state index is 8.96. The van der Waals surface area contributed by atoms with E-state index in [1.807, 2.05) is 0 Å². The van der Waals surface area contributed by atoms with E-state index in [4.69, 9.17) is 5.11 Å². The Morgan fingerprint density at radius 2 is 2.11 bits per heavy atom. The summed E-state index contributed by atoms with van der Waals surface area (Å²) in [5, 5.41) is 12.7. The molecule has 1 aromatic carbocycles. The van der Waals surface area contributed by atoms with Crippen molar-refractivity contribution >= 4 is 0 Å². The van der Waals surface area contributed by atoms with Crippen LogP contribution in [0, 0.1) is 11.3 Å². The molecule has 1 aromatic rings. The van der Waals surface area contributed by atoms with Gasteiger partial charge in [0.05, 0.1) is 0 Å². The van der Waals surface area contributed by atoms with Gasteiger partial charge in [-0.2, -0.15) is 0 Å². The molecule has 0 heterocycles. The molecule has 0 radical (unpaired) electrons. The highest BCUT2D eigenvalue weighted by atomic mass is 16.3. The van der Waals surface area contributed by atoms with Crippen molar-refractivity contribution in [2.45, 2.75) is 39.7 Å². The van der Waals surface area contributed by atoms with Crippen molar-refractivity contribution in [3.05, 3.63) is 35.4 Å². The predicted molar refractivity (Wildman–Crippen MR) is 75.5 cm³/mol. The molecule has 2 rings (SSSR count). The molecule has 0 saturated carbocycles. The summed E-state index contributed by atoms with van der Waals surface area (Å²) in [5.41, 5.74) is 3.22. The highest BCUT2D eigenvalue weighted by molar-refractivity contribution is 5.37. The molecule has 0 saturated heterocycles. The average Bonchev–Trinajstić information content (AvgIpc) is 2.56. The summed E-state index contributed by atoms with van der Waals surface area (Å²) in [6.07, 6.45) is 2.02. The van der Waals surface area contributed by atoms with Crippen LogP contribution in [-0.2, 0) is 6.42 Å². The monoisotopic (exact) mass is 247 g/mol. The summed E-state index contributed by atoms with van der Waals surface area (Å²) < 4.78 is 0. The van der Waals surface area contributed by atoms with Crippen molar-refractivity contribution in [3.63, 3.8) is 0 Å². The molecule has 1 aliphatic carbocycles. The van der Waals surface area contributed by atoms with Crippen LogP contribution in [0.3, 0.4) is 0 Å². The minimum Gasteiger partial charge on any atom is -0.396 e. The highest BCUT2D eigenvalue weighted by Gasteiger charge is 2.38. The summed E-state index contributed by atoms with van der Waals surface area (Å²) in [4.78, 5) is 0. The first kappa shape index (κ1) is 13.6. The number of rotatable bonds is 5. The lowest BCUT2D eigenvalue weighted by atomic mass is 9.85. The third-order valence-corrected chi connectivity index (χ3v) is 4.09. The SMILES string of the molecule is CC(CCO)CNC1c2ccccc2CC1(C)C. The third kappa shape index (κ3) is 2.76. The van der Waals surface area contributed by atoms with Gasteiger partial charge in [-0.05, 0) is 41.8 Å². The molecule has 0 amide bonds. The molecule has 18 heavy (non-hydrogen) atoms. The predicted octanol–water partition coefficient (Wildman–Crippen LogP) is 2.92. The van der Waals surface area contributed by atoms with Crippen molar-refractivity contribution in [2.75, 3.05) is 13.2 Å². The van der Waals surface area contributed by atoms with E-state index >= 15 is 0 Å². The van der Waals surface area contributed by atoms with E-state index in [0.717, 1.165) is 19.4 Å². The molecular weight excluding hydrogens is 222 g/mol. The Balaban J connectivity index is 2.06. The van der Waals surface area contributed by atoms with E-state index in [0.29, 0.717) is 12.0 Å². The van der Waals surface area contributed by atoms with Gasteiger partial charge in [-0.3, -0.25) is 0 Å². The number of fused-ring (bicyclic) bond motifs is 1. The smallest absolute Gasteiger partial charge is 0.0434 e. The maximum absolute atomic E-state index is 8.96. The van der Waals surface area contributed by atoms with Crippen LogP contribution in [0.5, 0.6) is 0 Å². The molecular formula is C16H25NO. The van der Waals surface area contributed by atoms with Gasteiger partial charge in [-0.25, -0.2) is 0 Å². The van der Waals surface area contributed by atoms with Gasteiger partial charge in [-0.15, -0.1) is 0 Å². The molecule has 2 nitrogen and oxygen atoms in total. The zero-order valence-corrected chi connectivity index (χ0v) is 11.7. The van der Waals surface area contributed by atoms with Crippen LogP contribution >= 0.6 is 0 Å². The minimum absolute atomic E-state index is 0.280. The van der Waals surface area contributed by atoms with Crippen LogP contribution in [-0.4, -0.2) is 18.3 Å². The van der Waals surface area contributed by atoms with Gasteiger partial charge in [0.2, 0.25) is 0 Å². The fourth-order valence-electron chi connectivity index (χ4n) is 3.02. The summed E-state index contributed by atoms with van der Waals surface area (Å²) in [6.45, 7) is 8.12. The van der Waals surface area contributed by atoms with E-state index in [1.54, 1.807) is 0 Å². The number of hydrogen-bond donors (Lipinski definition) is 2. The minimum atomic E-state index is 0.280. The summed E-state index contributed by atoms with van der Waals surface area (Å²) in [5.74, 6) is 0.526. The third-order valence-electron chi connectivity index (χ3n) is 4.09. The second-order valence-corrected chi connectivity index (χ2v) is 6.32. The number of hydrogen-bond acceptors (Lipinski definition) is 2. The van der Waals surface area contributed by atoms with Gasteiger partial charge >= 0.3 is 0 Å². The van der Waals surface area contributed by atoms with Gasteiger partial charge in [0, 0.05) is 12.6 Å². The van der Waals surface area contributed by atoms with E-state index in [1.165, 1.54) is 11.1 Å². The molecule has 0 spiro atoms. The second-order valence-electron chi connectivity index (χ2n) is 6.32. The van der Waals surface area contributed by atoms with Crippen LogP contribution in [0.2, 0.25) is 0 Å². The van der Waals surface area contributed by atoms with Gasteiger partial charge in [0.25, 0.3) is 0 Å². The van der Waals surface area contributed by atoms with Gasteiger partial charge in [0.1, 0.15) is 0 Å². The lowest BCUT2D eigenvalue weighted by Gasteiger charge is -2.29. The summed E-state index contributed by atoms with van der Waals surface area (Å²) in [7, 11) is 0. The van der Waals surface area contributed by atoms with Crippen LogP contribution in [0.1, 0.15) is 44.4 Å². The van der Waals surface area contributed by atoms with Crippen LogP contribution in [0.15, 0.2) is 24.3 Å². The van der Waals surface area contributed by atoms with Crippen LogP contribution < -0.4 is 5.32 Å². The average molecular weight is 247 g/mol. The van der Waals surface area contributed by atoms with Gasteiger partial charge in [0.15, 0.2) is 0 Å². The Bertz CT molecular complexity index is 400. The Labute approximate surface area is 110 Å². The Morgan fingerprint density at radius 3 is 2.83 bits per heavy atom. The molecule has 2 N–H and O–H groups in total. The first-order valence-corrected chi connectivity index (χ1v) is 6.96. The molecule has 0 aliphatic heterocycles. The molecule has 0 bridgehead atoms. The molecule has 0 aromatic heterocycles. The number of nitrogens with one attached hydrogen (secondary N) is 1. The van der Waals surface area contributed by atoms with E-state index in [-0.39, 0.29) is 12.0 Å². The van der Waals surface area contributed by atoms with Crippen molar-refractivity contribution in [3.8, 4) is 0 Å². The van der Waals surface area contributed by atoms with Gasteiger partial charge in [-0.1, -0.05) is 45.0 Å². The second kappa shape index (κ2) is 5.41. The zero-order chi connectivity index (χ0) is 13.2. The lowest BCUT2D eigenvalue weighted by molar-refractivity contribution is 0.234. The quantitative estimate of drug-likeness (QED) is 0.838. The van der Waals surface area contributed by atoms with Crippen molar-refractivity contribution in [1.82, 2.24) is 5.32 Å². The maximum Gasteiger partial charge on any atom is 0.0434 e. The van der Waals surface area contributed by atoms with Crippen LogP contribution in [0.4, 0.5) is 0 Å². The fourth-order valence-corrected chi connectivity index (χ4v) is 3.02. The molecule has 0 fully saturated rings. The first-order valence-electron chi connectivity index (χ1n) is 6.96. The molecule has 100 valence electrons. The number of aliphatic hydroxyl groups is 1. The zero-order valence-electron chi connectivity index (χ0n) is 11.7. The van der Waals surface area contributed by atoms with Crippen LogP contribution in [0.25, 0.3) is 0 Å². The van der Waals surface area contributed by atoms with E-state index < -0.39 is 0 Å². The summed E-state index contributed by atoms with van der Waals surface area (Å²) in [6, 6.07) is 9.20. The largest absolute Gasteiger partial charge is 0.396 e. The highest BCUT2D eigenvalue weighted by Crippen LogP contribution is 2.44. The van der Waals surface area contributed by atoms with Crippen molar-refractivity contribution in [1.29, 1.82) is 0 Å². The summed E-state index contributed by atoms with van der Waals surface area (Å²) >= 11 is 0. The Hall–Kier alpha value is -0.860. The van der Waals surface area contributed by atoms with Crippen molar-refractivity contribution in [2.24, 2.45) is 11.3 Å².